The van der Waals surface area contributed by atoms with Gasteiger partial charge in [-0.3, -0.25) is 4.79 Å². The fourth-order valence-corrected chi connectivity index (χ4v) is 5.93. The number of piperidine rings is 1. The molecule has 0 bridgehead atoms. The van der Waals surface area contributed by atoms with Crippen LogP contribution in [-0.4, -0.2) is 41.3 Å². The van der Waals surface area contributed by atoms with Gasteiger partial charge in [-0.05, 0) is 49.5 Å². The standard InChI is InChI=1S/C27H30N4O3S/c32-27(23-13-17-31(18-14-23)35(33,34)19-15-21-6-2-1-3-7-21)28-24-11-9-22(10-12-24)25-20-30-16-5-4-8-26(30)29-25/h1-3,6-7,9-12,15,19-20,23H,4-5,8,13-14,16-18H2,(H,28,32). The number of anilines is 1. The summed E-state index contributed by atoms with van der Waals surface area (Å²) in [6, 6.07) is 17.1. The van der Waals surface area contributed by atoms with Gasteiger partial charge in [-0.25, -0.2) is 13.4 Å². The molecule has 0 aliphatic carbocycles. The van der Waals surface area contributed by atoms with Crippen LogP contribution in [-0.2, 0) is 27.8 Å². The van der Waals surface area contributed by atoms with Gasteiger partial charge < -0.3 is 9.88 Å². The van der Waals surface area contributed by atoms with Gasteiger partial charge in [0.05, 0.1) is 5.69 Å². The highest BCUT2D eigenvalue weighted by molar-refractivity contribution is 7.92. The van der Waals surface area contributed by atoms with E-state index in [9.17, 15) is 13.2 Å². The number of hydrogen-bond acceptors (Lipinski definition) is 4. The molecule has 182 valence electrons. The lowest BCUT2D eigenvalue weighted by molar-refractivity contribution is -0.120. The van der Waals surface area contributed by atoms with Gasteiger partial charge in [0.25, 0.3) is 0 Å². The fraction of sp³-hybridized carbons (Fsp3) is 0.333. The number of nitrogens with zero attached hydrogens (tertiary/aromatic N) is 3. The SMILES string of the molecule is O=C(Nc1ccc(-c2cn3c(n2)CCCC3)cc1)C1CCN(S(=O)(=O)C=Cc2ccccc2)CC1. The molecule has 35 heavy (non-hydrogen) atoms. The summed E-state index contributed by atoms with van der Waals surface area (Å²) in [6.45, 7) is 1.70. The van der Waals surface area contributed by atoms with Crippen molar-refractivity contribution in [1.29, 1.82) is 0 Å². The maximum absolute atomic E-state index is 12.8. The first-order valence-electron chi connectivity index (χ1n) is 12.2. The Morgan fingerprint density at radius 2 is 1.71 bits per heavy atom. The quantitative estimate of drug-likeness (QED) is 0.550. The summed E-state index contributed by atoms with van der Waals surface area (Å²) < 4.78 is 29.0. The number of aryl methyl sites for hydroxylation is 2. The molecule has 5 rings (SSSR count). The molecular formula is C27H30N4O3S. The molecule has 2 aliphatic rings. The summed E-state index contributed by atoms with van der Waals surface area (Å²) in [5, 5.41) is 4.24. The number of aromatic nitrogens is 2. The fourth-order valence-electron chi connectivity index (χ4n) is 4.71. The highest BCUT2D eigenvalue weighted by Crippen LogP contribution is 2.26. The number of sulfonamides is 1. The minimum Gasteiger partial charge on any atom is -0.334 e. The Kier molecular flexibility index (Phi) is 6.83. The van der Waals surface area contributed by atoms with Crippen molar-refractivity contribution < 1.29 is 13.2 Å². The Morgan fingerprint density at radius 1 is 0.971 bits per heavy atom. The van der Waals surface area contributed by atoms with Crippen LogP contribution in [0.2, 0.25) is 0 Å². The summed E-state index contributed by atoms with van der Waals surface area (Å²) in [5.41, 5.74) is 3.58. The first-order valence-corrected chi connectivity index (χ1v) is 13.7. The molecule has 1 saturated heterocycles. The molecule has 1 N–H and O–H groups in total. The largest absolute Gasteiger partial charge is 0.334 e. The Labute approximate surface area is 206 Å². The Morgan fingerprint density at radius 3 is 2.43 bits per heavy atom. The zero-order valence-electron chi connectivity index (χ0n) is 19.6. The average Bonchev–Trinajstić information content (AvgIpc) is 3.33. The van der Waals surface area contributed by atoms with Crippen LogP contribution in [0.1, 0.15) is 37.1 Å². The number of nitrogens with one attached hydrogen (secondary N) is 1. The third-order valence-electron chi connectivity index (χ3n) is 6.77. The average molecular weight is 491 g/mol. The predicted molar refractivity (Wildman–Crippen MR) is 138 cm³/mol. The van der Waals surface area contributed by atoms with Crippen molar-refractivity contribution in [2.24, 2.45) is 5.92 Å². The van der Waals surface area contributed by atoms with Crippen LogP contribution in [0, 0.1) is 5.92 Å². The van der Waals surface area contributed by atoms with Crippen LogP contribution in [0.5, 0.6) is 0 Å². The van der Waals surface area contributed by atoms with Crippen molar-refractivity contribution in [3.05, 3.63) is 77.6 Å². The van der Waals surface area contributed by atoms with E-state index in [1.165, 1.54) is 22.6 Å². The van der Waals surface area contributed by atoms with Crippen molar-refractivity contribution >= 4 is 27.7 Å². The Balaban J connectivity index is 1.15. The predicted octanol–water partition coefficient (Wildman–Crippen LogP) is 4.54. The van der Waals surface area contributed by atoms with Crippen LogP contribution in [0.4, 0.5) is 5.69 Å². The molecule has 0 saturated carbocycles. The summed E-state index contributed by atoms with van der Waals surface area (Å²) in [4.78, 5) is 17.6. The minimum absolute atomic E-state index is 0.0629. The zero-order chi connectivity index (χ0) is 24.3. The number of carbonyl (C=O) groups excluding carboxylic acids is 1. The summed E-state index contributed by atoms with van der Waals surface area (Å²) >= 11 is 0. The monoisotopic (exact) mass is 490 g/mol. The van der Waals surface area contributed by atoms with Gasteiger partial charge in [0.15, 0.2) is 0 Å². The van der Waals surface area contributed by atoms with Gasteiger partial charge in [-0.1, -0.05) is 42.5 Å². The normalized spacial score (nSPS) is 17.4. The molecule has 0 atom stereocenters. The highest BCUT2D eigenvalue weighted by atomic mass is 32.2. The van der Waals surface area contributed by atoms with E-state index in [1.54, 1.807) is 6.08 Å². The molecule has 2 aliphatic heterocycles. The molecule has 1 fully saturated rings. The van der Waals surface area contributed by atoms with Crippen molar-refractivity contribution in [2.45, 2.75) is 38.6 Å². The number of fused-ring (bicyclic) bond motifs is 1. The maximum Gasteiger partial charge on any atom is 0.236 e. The first-order chi connectivity index (χ1) is 17.0. The number of amides is 1. The summed E-state index contributed by atoms with van der Waals surface area (Å²) in [7, 11) is -3.51. The van der Waals surface area contributed by atoms with Gasteiger partial charge in [-0.15, -0.1) is 0 Å². The van der Waals surface area contributed by atoms with E-state index in [-0.39, 0.29) is 11.8 Å². The minimum atomic E-state index is -3.51. The Hall–Kier alpha value is -3.23. The third-order valence-corrected chi connectivity index (χ3v) is 8.34. The van der Waals surface area contributed by atoms with Crippen LogP contribution >= 0.6 is 0 Å². The van der Waals surface area contributed by atoms with E-state index in [0.717, 1.165) is 41.3 Å². The molecule has 0 radical (unpaired) electrons. The van der Waals surface area contributed by atoms with E-state index in [1.807, 2.05) is 54.6 Å². The van der Waals surface area contributed by atoms with Crippen LogP contribution in [0.3, 0.4) is 0 Å². The van der Waals surface area contributed by atoms with Crippen molar-refractivity contribution in [2.75, 3.05) is 18.4 Å². The number of benzene rings is 2. The molecule has 8 heteroatoms. The lowest BCUT2D eigenvalue weighted by atomic mass is 9.97. The molecule has 1 aromatic heterocycles. The first kappa shape index (κ1) is 23.5. The summed E-state index contributed by atoms with van der Waals surface area (Å²) in [6.07, 6.45) is 8.14. The number of hydrogen-bond donors (Lipinski definition) is 1. The maximum atomic E-state index is 12.8. The van der Waals surface area contributed by atoms with Gasteiger partial charge in [0.1, 0.15) is 5.82 Å². The summed E-state index contributed by atoms with van der Waals surface area (Å²) in [5.74, 6) is 0.874. The van der Waals surface area contributed by atoms with E-state index in [4.69, 9.17) is 4.98 Å². The van der Waals surface area contributed by atoms with E-state index in [0.29, 0.717) is 25.9 Å². The molecule has 3 aromatic rings. The molecule has 0 unspecified atom stereocenters. The van der Waals surface area contributed by atoms with E-state index >= 15 is 0 Å². The second-order valence-electron chi connectivity index (χ2n) is 9.19. The van der Waals surface area contributed by atoms with Gasteiger partial charge in [0.2, 0.25) is 15.9 Å². The smallest absolute Gasteiger partial charge is 0.236 e. The van der Waals surface area contributed by atoms with Crippen LogP contribution in [0.25, 0.3) is 17.3 Å². The topological polar surface area (TPSA) is 84.3 Å². The second-order valence-corrected chi connectivity index (χ2v) is 11.0. The van der Waals surface area contributed by atoms with Gasteiger partial charge in [-0.2, -0.15) is 4.31 Å². The van der Waals surface area contributed by atoms with E-state index < -0.39 is 10.0 Å². The highest BCUT2D eigenvalue weighted by Gasteiger charge is 2.30. The molecule has 3 heterocycles. The van der Waals surface area contributed by atoms with Crippen LogP contribution in [0.15, 0.2) is 66.2 Å². The molecule has 2 aromatic carbocycles. The van der Waals surface area contributed by atoms with E-state index in [2.05, 4.69) is 16.1 Å². The lowest BCUT2D eigenvalue weighted by Gasteiger charge is -2.29. The van der Waals surface area contributed by atoms with Crippen LogP contribution < -0.4 is 5.32 Å². The van der Waals surface area contributed by atoms with Gasteiger partial charge >= 0.3 is 0 Å². The van der Waals surface area contributed by atoms with Gasteiger partial charge in [0, 0.05) is 54.8 Å². The van der Waals surface area contributed by atoms with Crippen molar-refractivity contribution in [3.63, 3.8) is 0 Å². The molecular weight excluding hydrogens is 460 g/mol. The lowest BCUT2D eigenvalue weighted by Crippen LogP contribution is -2.40. The number of imidazole rings is 1. The zero-order valence-corrected chi connectivity index (χ0v) is 20.5. The molecule has 0 spiro atoms. The molecule has 7 nitrogen and oxygen atoms in total. The third kappa shape index (κ3) is 5.55. The van der Waals surface area contributed by atoms with Crippen molar-refractivity contribution in [3.8, 4) is 11.3 Å². The van der Waals surface area contributed by atoms with Crippen molar-refractivity contribution in [1.82, 2.24) is 13.9 Å². The Bertz CT molecular complexity index is 1280. The molecule has 1 amide bonds. The number of carbonyl (C=O) groups is 1. The second kappa shape index (κ2) is 10.2. The number of rotatable bonds is 6.